The van der Waals surface area contributed by atoms with E-state index in [1.807, 2.05) is 48.7 Å². The van der Waals surface area contributed by atoms with Crippen LogP contribution in [0.1, 0.15) is 11.3 Å². The summed E-state index contributed by atoms with van der Waals surface area (Å²) in [5.74, 6) is 0.0269. The summed E-state index contributed by atoms with van der Waals surface area (Å²) in [6.07, 6.45) is 0.523. The first-order valence-electron chi connectivity index (χ1n) is 9.67. The molecule has 4 aromatic rings. The lowest BCUT2D eigenvalue weighted by Crippen LogP contribution is -2.36. The number of carbonyl (C=O) groups is 2. The Kier molecular flexibility index (Phi) is 5.94. The number of amides is 2. The minimum Gasteiger partial charge on any atom is -0.497 e. The van der Waals surface area contributed by atoms with Crippen molar-refractivity contribution in [2.45, 2.75) is 13.3 Å². The minimum absolute atomic E-state index is 0.309. The Bertz CT molecular complexity index is 1230. The maximum absolute atomic E-state index is 12.1. The highest BCUT2D eigenvalue weighted by molar-refractivity contribution is 7.15. The Balaban J connectivity index is 1.36. The first-order valence-corrected chi connectivity index (χ1v) is 10.5. The Labute approximate surface area is 182 Å². The van der Waals surface area contributed by atoms with E-state index in [4.69, 9.17) is 4.74 Å². The van der Waals surface area contributed by atoms with E-state index in [1.165, 1.54) is 11.3 Å². The number of aryl methyl sites for hydroxylation is 1. The van der Waals surface area contributed by atoms with Gasteiger partial charge in [-0.05, 0) is 48.9 Å². The van der Waals surface area contributed by atoms with Gasteiger partial charge in [0.05, 0.1) is 12.8 Å². The first kappa shape index (κ1) is 20.5. The van der Waals surface area contributed by atoms with Crippen molar-refractivity contribution in [3.8, 4) is 17.1 Å². The van der Waals surface area contributed by atoms with Gasteiger partial charge in [-0.2, -0.15) is 4.98 Å². The van der Waals surface area contributed by atoms with Crippen LogP contribution in [0.5, 0.6) is 5.75 Å². The zero-order valence-corrected chi connectivity index (χ0v) is 17.9. The number of aromatic nitrogens is 3. The number of anilines is 1. The van der Waals surface area contributed by atoms with E-state index in [2.05, 4.69) is 20.7 Å². The molecule has 2 aromatic carbocycles. The molecular weight excluding hydrogens is 414 g/mol. The monoisotopic (exact) mass is 435 g/mol. The molecule has 0 unspecified atom stereocenters. The fraction of sp³-hybridized carbons (Fsp3) is 0.182. The molecule has 2 N–H and O–H groups in total. The number of carbonyl (C=O) groups excluding carboxylic acids is 2. The van der Waals surface area contributed by atoms with Crippen molar-refractivity contribution < 1.29 is 14.3 Å². The molecule has 158 valence electrons. The second-order valence-corrected chi connectivity index (χ2v) is 7.75. The fourth-order valence-corrected chi connectivity index (χ4v) is 3.91. The fourth-order valence-electron chi connectivity index (χ4n) is 3.05. The van der Waals surface area contributed by atoms with Gasteiger partial charge < -0.3 is 15.4 Å². The number of hydrogen-bond acceptors (Lipinski definition) is 6. The van der Waals surface area contributed by atoms with Crippen LogP contribution in [-0.4, -0.2) is 40.1 Å². The molecule has 0 spiro atoms. The van der Waals surface area contributed by atoms with Gasteiger partial charge in [-0.1, -0.05) is 12.1 Å². The molecule has 0 aliphatic carbocycles. The number of benzene rings is 2. The normalized spacial score (nSPS) is 10.8. The predicted octanol–water partition coefficient (Wildman–Crippen LogP) is 3.07. The van der Waals surface area contributed by atoms with Crippen molar-refractivity contribution >= 4 is 33.8 Å². The Hall–Kier alpha value is -3.72. The lowest BCUT2D eigenvalue weighted by Gasteiger charge is -2.07. The number of fused-ring (bicyclic) bond motifs is 1. The predicted molar refractivity (Wildman–Crippen MR) is 119 cm³/mol. The number of methoxy groups -OCH3 is 1. The highest BCUT2D eigenvalue weighted by Crippen LogP contribution is 2.23. The van der Waals surface area contributed by atoms with E-state index in [1.54, 1.807) is 23.8 Å². The van der Waals surface area contributed by atoms with Gasteiger partial charge in [0.1, 0.15) is 5.75 Å². The Morgan fingerprint density at radius 1 is 1.13 bits per heavy atom. The summed E-state index contributed by atoms with van der Waals surface area (Å²) in [5, 5.41) is 11.8. The van der Waals surface area contributed by atoms with Crippen LogP contribution in [0.3, 0.4) is 0 Å². The highest BCUT2D eigenvalue weighted by Gasteiger charge is 2.15. The summed E-state index contributed by atoms with van der Waals surface area (Å²) in [7, 11) is 1.62. The first-order chi connectivity index (χ1) is 15.0. The van der Waals surface area contributed by atoms with E-state index in [9.17, 15) is 9.59 Å². The Morgan fingerprint density at radius 2 is 1.94 bits per heavy atom. The van der Waals surface area contributed by atoms with E-state index in [0.717, 1.165) is 27.5 Å². The summed E-state index contributed by atoms with van der Waals surface area (Å²) >= 11 is 1.48. The molecule has 4 rings (SSSR count). The maximum atomic E-state index is 12.1. The summed E-state index contributed by atoms with van der Waals surface area (Å²) in [6, 6.07) is 14.8. The van der Waals surface area contributed by atoms with Crippen LogP contribution in [0, 0.1) is 6.92 Å². The summed E-state index contributed by atoms with van der Waals surface area (Å²) in [6.45, 7) is 2.23. The third-order valence-electron chi connectivity index (χ3n) is 4.65. The van der Waals surface area contributed by atoms with Gasteiger partial charge in [-0.15, -0.1) is 16.4 Å². The molecule has 8 nitrogen and oxygen atoms in total. The van der Waals surface area contributed by atoms with E-state index < -0.39 is 11.8 Å². The van der Waals surface area contributed by atoms with E-state index >= 15 is 0 Å². The molecule has 0 aliphatic heterocycles. The maximum Gasteiger partial charge on any atom is 0.313 e. The van der Waals surface area contributed by atoms with Crippen LogP contribution >= 0.6 is 11.3 Å². The van der Waals surface area contributed by atoms with E-state index in [-0.39, 0.29) is 0 Å². The quantitative estimate of drug-likeness (QED) is 0.454. The van der Waals surface area contributed by atoms with Crippen molar-refractivity contribution in [2.24, 2.45) is 0 Å². The molecule has 0 bridgehead atoms. The highest BCUT2D eigenvalue weighted by atomic mass is 32.1. The third-order valence-corrected chi connectivity index (χ3v) is 5.51. The van der Waals surface area contributed by atoms with Crippen LogP contribution < -0.4 is 15.4 Å². The molecule has 2 aromatic heterocycles. The smallest absolute Gasteiger partial charge is 0.313 e. The van der Waals surface area contributed by atoms with Gasteiger partial charge >= 0.3 is 11.8 Å². The van der Waals surface area contributed by atoms with Gasteiger partial charge in [0.15, 0.2) is 5.82 Å². The van der Waals surface area contributed by atoms with Crippen LogP contribution in [0.2, 0.25) is 0 Å². The minimum atomic E-state index is -0.691. The largest absolute Gasteiger partial charge is 0.497 e. The molecule has 31 heavy (non-hydrogen) atoms. The van der Waals surface area contributed by atoms with Crippen molar-refractivity contribution in [3.05, 3.63) is 65.2 Å². The Morgan fingerprint density at radius 3 is 2.68 bits per heavy atom. The molecule has 0 aliphatic rings. The number of ether oxygens (including phenoxy) is 1. The topological polar surface area (TPSA) is 97.6 Å². The zero-order chi connectivity index (χ0) is 21.8. The molecule has 0 saturated carbocycles. The van der Waals surface area contributed by atoms with Gasteiger partial charge in [0, 0.05) is 29.6 Å². The van der Waals surface area contributed by atoms with Crippen molar-refractivity contribution in [3.63, 3.8) is 0 Å². The second-order valence-electron chi connectivity index (χ2n) is 6.91. The van der Waals surface area contributed by atoms with Crippen molar-refractivity contribution in [2.75, 3.05) is 19.0 Å². The lowest BCUT2D eigenvalue weighted by molar-refractivity contribution is -0.136. The molecule has 0 atom stereocenters. The van der Waals surface area contributed by atoms with Crippen LogP contribution in [0.4, 0.5) is 5.69 Å². The van der Waals surface area contributed by atoms with Crippen molar-refractivity contribution in [1.29, 1.82) is 0 Å². The number of nitrogens with one attached hydrogen (secondary N) is 2. The van der Waals surface area contributed by atoms with Crippen LogP contribution in [-0.2, 0) is 16.0 Å². The molecule has 0 radical (unpaired) electrons. The summed E-state index contributed by atoms with van der Waals surface area (Å²) in [5.41, 5.74) is 3.39. The molecular formula is C22H21N5O3S. The number of nitrogens with zero attached hydrogens (tertiary/aromatic N) is 3. The SMILES string of the molecule is COc1ccc(-c2nc3scc(CCNC(=O)C(=O)Nc4cccc(C)c4)n3n2)cc1. The standard InChI is InChI=1S/C22H21N5O3S/c1-14-4-3-5-16(12-14)24-21(29)20(28)23-11-10-17-13-31-22-25-19(26-27(17)22)15-6-8-18(30-2)9-7-15/h3-9,12-13H,10-11H2,1-2H3,(H,23,28)(H,24,29). The number of rotatable bonds is 6. The van der Waals surface area contributed by atoms with Gasteiger partial charge in [0.2, 0.25) is 4.96 Å². The third kappa shape index (κ3) is 4.72. The van der Waals surface area contributed by atoms with Gasteiger partial charge in [-0.3, -0.25) is 9.59 Å². The molecule has 0 saturated heterocycles. The van der Waals surface area contributed by atoms with E-state index in [0.29, 0.717) is 24.5 Å². The molecule has 0 fully saturated rings. The van der Waals surface area contributed by atoms with Crippen LogP contribution in [0.25, 0.3) is 16.3 Å². The van der Waals surface area contributed by atoms with Gasteiger partial charge in [-0.25, -0.2) is 4.52 Å². The zero-order valence-electron chi connectivity index (χ0n) is 17.1. The average Bonchev–Trinajstić information content (AvgIpc) is 3.35. The molecule has 9 heteroatoms. The van der Waals surface area contributed by atoms with Crippen LogP contribution in [0.15, 0.2) is 53.9 Å². The van der Waals surface area contributed by atoms with Gasteiger partial charge in [0.25, 0.3) is 0 Å². The number of hydrogen-bond donors (Lipinski definition) is 2. The summed E-state index contributed by atoms with van der Waals surface area (Å²) < 4.78 is 6.95. The van der Waals surface area contributed by atoms with Crippen molar-refractivity contribution in [1.82, 2.24) is 19.9 Å². The summed E-state index contributed by atoms with van der Waals surface area (Å²) in [4.78, 5) is 29.5. The lowest BCUT2D eigenvalue weighted by atomic mass is 10.2. The second kappa shape index (κ2) is 8.97. The molecule has 2 heterocycles. The molecule has 2 amide bonds. The number of thiazole rings is 1. The average molecular weight is 436 g/mol.